The Labute approximate surface area is 328 Å². The SMILES string of the molecule is CCCCC(CC)[CH2][Ge]1([CH2]C(CC)CCCC)[c]2cc([Si](C)(C)CC[Si](OC)(OC)OC)sc2-c2sc([Si](C)(C)CC[Si](OC)(OC)OC)c[c]21. The first kappa shape index (κ1) is 46.0. The van der Waals surface area contributed by atoms with E-state index in [-0.39, 0.29) is 0 Å². The summed E-state index contributed by atoms with van der Waals surface area (Å²) in [7, 11) is 1.62. The molecule has 3 heterocycles. The zero-order valence-corrected chi connectivity index (χ0v) is 42.7. The van der Waals surface area contributed by atoms with Gasteiger partial charge in [-0.1, -0.05) is 0 Å². The van der Waals surface area contributed by atoms with Crippen LogP contribution in [0.5, 0.6) is 0 Å². The van der Waals surface area contributed by atoms with Crippen molar-refractivity contribution in [3.05, 3.63) is 12.1 Å². The van der Waals surface area contributed by atoms with E-state index in [2.05, 4.69) is 88.7 Å². The summed E-state index contributed by atoms with van der Waals surface area (Å²) >= 11 is 1.52. The zero-order valence-electron chi connectivity index (χ0n) is 35.0. The molecule has 0 saturated heterocycles. The first-order chi connectivity index (χ1) is 24.2. The molecule has 0 saturated carbocycles. The summed E-state index contributed by atoms with van der Waals surface area (Å²) in [5.74, 6) is 1.62. The molecular weight excluding hydrogens is 802 g/mol. The maximum atomic E-state index is 5.90. The number of unbranched alkanes of at least 4 members (excludes halogenated alkanes) is 2. The van der Waals surface area contributed by atoms with E-state index in [1.54, 1.807) is 61.4 Å². The fourth-order valence-electron chi connectivity index (χ4n) is 8.33. The van der Waals surface area contributed by atoms with Crippen molar-refractivity contribution < 1.29 is 26.6 Å². The van der Waals surface area contributed by atoms with E-state index >= 15 is 0 Å². The Balaban J connectivity index is 2.24. The molecule has 1 aliphatic rings. The molecule has 294 valence electrons. The van der Waals surface area contributed by atoms with Gasteiger partial charge in [-0.25, -0.2) is 0 Å². The van der Waals surface area contributed by atoms with Crippen molar-refractivity contribution in [3.63, 3.8) is 0 Å². The first-order valence-corrected chi connectivity index (χ1v) is 36.8. The minimum atomic E-state index is -2.84. The van der Waals surface area contributed by atoms with Crippen LogP contribution in [0, 0.1) is 11.8 Å². The molecule has 2 aromatic heterocycles. The Hall–Kier alpha value is 0.570. The number of rotatable bonds is 26. The molecule has 2 atom stereocenters. The van der Waals surface area contributed by atoms with Crippen molar-refractivity contribution in [3.8, 4) is 9.75 Å². The third-order valence-electron chi connectivity index (χ3n) is 12.4. The molecule has 0 spiro atoms. The predicted octanol–water partition coefficient (Wildman–Crippen LogP) is 9.37. The normalized spacial score (nSPS) is 16.0. The first-order valence-electron chi connectivity index (χ1n) is 19.8. The summed E-state index contributed by atoms with van der Waals surface area (Å²) in [6.45, 7) is 20.0. The van der Waals surface area contributed by atoms with Crippen LogP contribution in [-0.4, -0.2) is 89.7 Å². The second-order valence-electron chi connectivity index (χ2n) is 16.4. The molecule has 3 rings (SSSR count). The van der Waals surface area contributed by atoms with Gasteiger partial charge in [-0.3, -0.25) is 0 Å². The van der Waals surface area contributed by atoms with Gasteiger partial charge in [-0.2, -0.15) is 0 Å². The van der Waals surface area contributed by atoms with Crippen LogP contribution in [0.1, 0.15) is 79.1 Å². The van der Waals surface area contributed by atoms with E-state index in [0.29, 0.717) is 0 Å². The minimum absolute atomic E-state index is 0.808. The van der Waals surface area contributed by atoms with Gasteiger partial charge in [0.15, 0.2) is 0 Å². The van der Waals surface area contributed by atoms with E-state index < -0.39 is 47.0 Å². The second-order valence-corrected chi connectivity index (χ2v) is 43.5. The molecule has 0 bridgehead atoms. The number of hydrogen-bond acceptors (Lipinski definition) is 8. The average molecular weight is 876 g/mol. The Morgan fingerprint density at radius 2 is 0.882 bits per heavy atom. The molecule has 1 aliphatic heterocycles. The van der Waals surface area contributed by atoms with E-state index in [1.165, 1.54) is 61.9 Å². The van der Waals surface area contributed by atoms with Crippen LogP contribution in [0.25, 0.3) is 9.75 Å². The van der Waals surface area contributed by atoms with Gasteiger partial charge in [0, 0.05) is 0 Å². The van der Waals surface area contributed by atoms with Crippen LogP contribution in [0.4, 0.5) is 0 Å². The van der Waals surface area contributed by atoms with Crippen LogP contribution >= 0.6 is 22.7 Å². The molecule has 2 unspecified atom stereocenters. The zero-order chi connectivity index (χ0) is 38.1. The Morgan fingerprint density at radius 3 is 1.16 bits per heavy atom. The van der Waals surface area contributed by atoms with Gasteiger partial charge < -0.3 is 0 Å². The molecule has 0 N–H and O–H groups in total. The van der Waals surface area contributed by atoms with Gasteiger partial charge in [-0.05, 0) is 0 Å². The van der Waals surface area contributed by atoms with E-state index in [1.807, 2.05) is 8.79 Å². The van der Waals surface area contributed by atoms with E-state index in [9.17, 15) is 0 Å². The van der Waals surface area contributed by atoms with Crippen LogP contribution in [0.15, 0.2) is 12.1 Å². The summed E-state index contributed by atoms with van der Waals surface area (Å²) in [6, 6.07) is 9.60. The van der Waals surface area contributed by atoms with Gasteiger partial charge in [0.2, 0.25) is 0 Å². The molecular formula is C38H74GeO6S2Si4. The molecule has 6 nitrogen and oxygen atoms in total. The Kier molecular flexibility index (Phi) is 18.1. The van der Waals surface area contributed by atoms with Crippen LogP contribution in [0.2, 0.25) is 60.9 Å². The van der Waals surface area contributed by atoms with Gasteiger partial charge in [-0.15, -0.1) is 0 Å². The average Bonchev–Trinajstić information content (AvgIpc) is 3.84. The van der Waals surface area contributed by atoms with Crippen molar-refractivity contribution in [2.24, 2.45) is 11.8 Å². The van der Waals surface area contributed by atoms with Crippen LogP contribution in [0.3, 0.4) is 0 Å². The van der Waals surface area contributed by atoms with Crippen molar-refractivity contribution in [2.45, 2.75) is 140 Å². The van der Waals surface area contributed by atoms with E-state index in [4.69, 9.17) is 26.6 Å². The molecule has 13 heteroatoms. The Morgan fingerprint density at radius 1 is 0.549 bits per heavy atom. The van der Waals surface area contributed by atoms with Gasteiger partial charge >= 0.3 is 330 Å². The van der Waals surface area contributed by atoms with Gasteiger partial charge in [0.25, 0.3) is 0 Å². The molecule has 2 aromatic rings. The summed E-state index contributed by atoms with van der Waals surface area (Å²) in [5.41, 5.74) is 0. The predicted molar refractivity (Wildman–Crippen MR) is 236 cm³/mol. The molecule has 0 aliphatic carbocycles. The van der Waals surface area contributed by atoms with Crippen molar-refractivity contribution in [1.29, 1.82) is 0 Å². The summed E-state index contributed by atoms with van der Waals surface area (Å²) in [6.07, 6.45) is 10.6. The monoisotopic (exact) mass is 876 g/mol. The standard InChI is InChI=1S/C38H74GeO6S2Si4/c1-15-19-21-31(17-3)29-39(30-32(18-4)22-20-16-2)33-27-35(48(11,12)23-25-50(40-5,41-6)42-7)46-37(33)38-34(39)28-36(47-38)49(13,14)24-26-51(43-8,44-9)45-10/h27-28,31-32H,15-26,29-30H2,1-14H3. The molecule has 0 aromatic carbocycles. The topological polar surface area (TPSA) is 55.4 Å². The van der Waals surface area contributed by atoms with E-state index in [0.717, 1.165) is 36.0 Å². The van der Waals surface area contributed by atoms with Gasteiger partial charge in [0.05, 0.1) is 0 Å². The molecule has 0 radical (unpaired) electrons. The van der Waals surface area contributed by atoms with Crippen molar-refractivity contribution in [2.75, 3.05) is 42.7 Å². The van der Waals surface area contributed by atoms with Crippen molar-refractivity contribution in [1.82, 2.24) is 0 Å². The molecule has 0 fully saturated rings. The fourth-order valence-corrected chi connectivity index (χ4v) is 42.0. The van der Waals surface area contributed by atoms with Crippen LogP contribution in [-0.2, 0) is 26.6 Å². The van der Waals surface area contributed by atoms with Gasteiger partial charge in [0.1, 0.15) is 0 Å². The third kappa shape index (κ3) is 10.5. The fraction of sp³-hybridized carbons (Fsp3) is 0.789. The number of thiophene rings is 2. The molecule has 51 heavy (non-hydrogen) atoms. The summed E-state index contributed by atoms with van der Waals surface area (Å²) in [5, 5.41) is 2.91. The number of hydrogen-bond donors (Lipinski definition) is 0. The Bertz CT molecular complexity index is 1230. The quantitative estimate of drug-likeness (QED) is 0.0880. The number of fused-ring (bicyclic) bond motifs is 3. The van der Waals surface area contributed by atoms with Crippen molar-refractivity contribution >= 4 is 87.5 Å². The summed E-state index contributed by atoms with van der Waals surface area (Å²) < 4.78 is 42.4. The third-order valence-corrected chi connectivity index (χ3v) is 42.9. The molecule has 0 amide bonds. The summed E-state index contributed by atoms with van der Waals surface area (Å²) in [4.78, 5) is 3.33. The maximum absolute atomic E-state index is 5.90. The second kappa shape index (κ2) is 20.1. The van der Waals surface area contributed by atoms with Crippen LogP contribution < -0.4 is 17.8 Å².